The molecular formula is C22H27N3O5. The van der Waals surface area contributed by atoms with Crippen LogP contribution in [0.25, 0.3) is 0 Å². The molecule has 0 unspecified atom stereocenters. The molecular weight excluding hydrogens is 386 g/mol. The van der Waals surface area contributed by atoms with Crippen LogP contribution in [-0.2, 0) is 4.79 Å². The molecule has 2 aromatic carbocycles. The SMILES string of the molecule is CCCCOc1ccc(C(=O)NNC(=O)CNC(=O)c2ccc(C)cc2)cc1OC. The van der Waals surface area contributed by atoms with Gasteiger partial charge >= 0.3 is 0 Å². The summed E-state index contributed by atoms with van der Waals surface area (Å²) in [5.41, 5.74) is 6.34. The number of hydrogen-bond acceptors (Lipinski definition) is 5. The smallest absolute Gasteiger partial charge is 0.269 e. The van der Waals surface area contributed by atoms with E-state index in [0.717, 1.165) is 18.4 Å². The Kier molecular flexibility index (Phi) is 8.68. The highest BCUT2D eigenvalue weighted by molar-refractivity contribution is 5.98. The summed E-state index contributed by atoms with van der Waals surface area (Å²) in [4.78, 5) is 36.2. The molecule has 0 aliphatic heterocycles. The fourth-order valence-corrected chi connectivity index (χ4v) is 2.46. The lowest BCUT2D eigenvalue weighted by molar-refractivity contribution is -0.120. The van der Waals surface area contributed by atoms with E-state index >= 15 is 0 Å². The minimum Gasteiger partial charge on any atom is -0.493 e. The van der Waals surface area contributed by atoms with Crippen molar-refractivity contribution in [3.63, 3.8) is 0 Å². The van der Waals surface area contributed by atoms with E-state index in [2.05, 4.69) is 23.1 Å². The number of amides is 3. The Balaban J connectivity index is 1.83. The number of hydrogen-bond donors (Lipinski definition) is 3. The van der Waals surface area contributed by atoms with Gasteiger partial charge in [-0.25, -0.2) is 0 Å². The zero-order valence-electron chi connectivity index (χ0n) is 17.4. The average molecular weight is 413 g/mol. The molecule has 30 heavy (non-hydrogen) atoms. The minimum atomic E-state index is -0.560. The van der Waals surface area contributed by atoms with E-state index in [0.29, 0.717) is 29.2 Å². The molecule has 0 heterocycles. The van der Waals surface area contributed by atoms with Crippen LogP contribution < -0.4 is 25.6 Å². The van der Waals surface area contributed by atoms with Gasteiger partial charge in [-0.3, -0.25) is 25.2 Å². The molecule has 0 saturated heterocycles. The largest absolute Gasteiger partial charge is 0.493 e. The Bertz CT molecular complexity index is 881. The van der Waals surface area contributed by atoms with Crippen molar-refractivity contribution in [2.75, 3.05) is 20.3 Å². The van der Waals surface area contributed by atoms with Gasteiger partial charge in [0.25, 0.3) is 17.7 Å². The quantitative estimate of drug-likeness (QED) is 0.432. The molecule has 3 N–H and O–H groups in total. The molecule has 8 nitrogen and oxygen atoms in total. The number of hydrazine groups is 1. The first kappa shape index (κ1) is 22.7. The fraction of sp³-hybridized carbons (Fsp3) is 0.318. The van der Waals surface area contributed by atoms with Gasteiger partial charge in [-0.15, -0.1) is 0 Å². The third-order valence-corrected chi connectivity index (χ3v) is 4.22. The Labute approximate surface area is 175 Å². The number of carbonyl (C=O) groups excluding carboxylic acids is 3. The molecule has 0 aromatic heterocycles. The van der Waals surface area contributed by atoms with E-state index in [1.165, 1.54) is 13.2 Å². The molecule has 0 aliphatic carbocycles. The molecule has 0 spiro atoms. The lowest BCUT2D eigenvalue weighted by Crippen LogP contribution is -2.46. The van der Waals surface area contributed by atoms with E-state index in [-0.39, 0.29) is 12.5 Å². The summed E-state index contributed by atoms with van der Waals surface area (Å²) in [6.45, 7) is 4.26. The molecule has 2 aromatic rings. The molecule has 0 saturated carbocycles. The Hall–Kier alpha value is -3.55. The van der Waals surface area contributed by atoms with Crippen molar-refractivity contribution >= 4 is 17.7 Å². The first-order chi connectivity index (χ1) is 14.4. The van der Waals surface area contributed by atoms with Gasteiger partial charge in [0.05, 0.1) is 20.3 Å². The monoisotopic (exact) mass is 413 g/mol. The maximum absolute atomic E-state index is 12.3. The number of carbonyl (C=O) groups is 3. The van der Waals surface area contributed by atoms with E-state index in [1.54, 1.807) is 24.3 Å². The highest BCUT2D eigenvalue weighted by Gasteiger charge is 2.13. The number of aryl methyl sites for hydroxylation is 1. The first-order valence-corrected chi connectivity index (χ1v) is 9.69. The second-order valence-electron chi connectivity index (χ2n) is 6.62. The predicted molar refractivity (Wildman–Crippen MR) is 113 cm³/mol. The second-order valence-corrected chi connectivity index (χ2v) is 6.62. The number of rotatable bonds is 9. The van der Waals surface area contributed by atoms with E-state index < -0.39 is 11.8 Å². The highest BCUT2D eigenvalue weighted by atomic mass is 16.5. The molecule has 0 bridgehead atoms. The number of methoxy groups -OCH3 is 1. The summed E-state index contributed by atoms with van der Waals surface area (Å²) in [7, 11) is 1.49. The fourth-order valence-electron chi connectivity index (χ4n) is 2.46. The van der Waals surface area contributed by atoms with Gasteiger partial charge in [-0.2, -0.15) is 0 Å². The Morgan fingerprint density at radius 3 is 2.27 bits per heavy atom. The average Bonchev–Trinajstić information content (AvgIpc) is 2.76. The molecule has 3 amide bonds. The van der Waals surface area contributed by atoms with Gasteiger partial charge in [-0.1, -0.05) is 31.0 Å². The maximum atomic E-state index is 12.3. The van der Waals surface area contributed by atoms with Gasteiger partial charge in [0.2, 0.25) is 0 Å². The van der Waals surface area contributed by atoms with Crippen LogP contribution in [0.4, 0.5) is 0 Å². The topological polar surface area (TPSA) is 106 Å². The summed E-state index contributed by atoms with van der Waals surface area (Å²) in [6.07, 6.45) is 1.92. The number of unbranched alkanes of at least 4 members (excludes halogenated alkanes) is 1. The van der Waals surface area contributed by atoms with Crippen molar-refractivity contribution in [1.82, 2.24) is 16.2 Å². The summed E-state index contributed by atoms with van der Waals surface area (Å²) < 4.78 is 10.9. The lowest BCUT2D eigenvalue weighted by Gasteiger charge is -2.12. The lowest BCUT2D eigenvalue weighted by atomic mass is 10.1. The summed E-state index contributed by atoms with van der Waals surface area (Å²) in [6, 6.07) is 11.7. The van der Waals surface area contributed by atoms with Crippen LogP contribution in [0.15, 0.2) is 42.5 Å². The van der Waals surface area contributed by atoms with E-state index in [4.69, 9.17) is 9.47 Å². The Morgan fingerprint density at radius 2 is 1.60 bits per heavy atom. The summed E-state index contributed by atoms with van der Waals surface area (Å²) in [5, 5.41) is 2.49. The zero-order chi connectivity index (χ0) is 21.9. The van der Waals surface area contributed by atoms with Crippen LogP contribution in [0.1, 0.15) is 46.0 Å². The van der Waals surface area contributed by atoms with Gasteiger partial charge in [0.15, 0.2) is 11.5 Å². The van der Waals surface area contributed by atoms with Crippen LogP contribution in [0.3, 0.4) is 0 Å². The standard InChI is InChI=1S/C22H27N3O5/c1-4-5-12-30-18-11-10-17(13-19(18)29-3)22(28)25-24-20(26)14-23-21(27)16-8-6-15(2)7-9-16/h6-11,13H,4-5,12,14H2,1-3H3,(H,23,27)(H,24,26)(H,25,28). The zero-order valence-corrected chi connectivity index (χ0v) is 17.4. The molecule has 8 heteroatoms. The third-order valence-electron chi connectivity index (χ3n) is 4.22. The van der Waals surface area contributed by atoms with E-state index in [1.807, 2.05) is 19.1 Å². The Morgan fingerprint density at radius 1 is 0.900 bits per heavy atom. The van der Waals surface area contributed by atoms with Crippen LogP contribution in [0, 0.1) is 6.92 Å². The second kappa shape index (κ2) is 11.5. The van der Waals surface area contributed by atoms with Crippen LogP contribution in [0.5, 0.6) is 11.5 Å². The molecule has 2 rings (SSSR count). The third kappa shape index (κ3) is 6.80. The van der Waals surface area contributed by atoms with Gasteiger partial charge in [0, 0.05) is 11.1 Å². The van der Waals surface area contributed by atoms with Gasteiger partial charge in [-0.05, 0) is 43.7 Å². The molecule has 160 valence electrons. The maximum Gasteiger partial charge on any atom is 0.269 e. The van der Waals surface area contributed by atoms with Crippen molar-refractivity contribution in [3.05, 3.63) is 59.2 Å². The first-order valence-electron chi connectivity index (χ1n) is 9.69. The van der Waals surface area contributed by atoms with Crippen molar-refractivity contribution in [1.29, 1.82) is 0 Å². The van der Waals surface area contributed by atoms with Crippen molar-refractivity contribution in [3.8, 4) is 11.5 Å². The molecule has 0 aliphatic rings. The molecule has 0 radical (unpaired) electrons. The summed E-state index contributed by atoms with van der Waals surface area (Å²) in [5.74, 6) is -0.484. The van der Waals surface area contributed by atoms with Gasteiger partial charge in [0.1, 0.15) is 0 Å². The van der Waals surface area contributed by atoms with Crippen molar-refractivity contribution < 1.29 is 23.9 Å². The minimum absolute atomic E-state index is 0.277. The van der Waals surface area contributed by atoms with E-state index in [9.17, 15) is 14.4 Å². The van der Waals surface area contributed by atoms with Crippen LogP contribution in [0.2, 0.25) is 0 Å². The number of benzene rings is 2. The summed E-state index contributed by atoms with van der Waals surface area (Å²) >= 11 is 0. The normalized spacial score (nSPS) is 10.1. The molecule has 0 atom stereocenters. The highest BCUT2D eigenvalue weighted by Crippen LogP contribution is 2.28. The van der Waals surface area contributed by atoms with Crippen molar-refractivity contribution in [2.24, 2.45) is 0 Å². The van der Waals surface area contributed by atoms with Crippen LogP contribution >= 0.6 is 0 Å². The number of ether oxygens (including phenoxy) is 2. The van der Waals surface area contributed by atoms with Gasteiger partial charge < -0.3 is 14.8 Å². The van der Waals surface area contributed by atoms with Crippen molar-refractivity contribution in [2.45, 2.75) is 26.7 Å². The van der Waals surface area contributed by atoms with Crippen LogP contribution in [-0.4, -0.2) is 38.0 Å². The molecule has 0 fully saturated rings. The number of nitrogens with one attached hydrogen (secondary N) is 3. The predicted octanol–water partition coefficient (Wildman–Crippen LogP) is 2.37.